The summed E-state index contributed by atoms with van der Waals surface area (Å²) in [4.78, 5) is 18.2. The topological polar surface area (TPSA) is 71.2 Å². The van der Waals surface area contributed by atoms with Gasteiger partial charge in [-0.15, -0.1) is 0 Å². The van der Waals surface area contributed by atoms with Crippen LogP contribution in [0.15, 0.2) is 54.7 Å². The lowest BCUT2D eigenvalue weighted by Crippen LogP contribution is -2.11. The molecular formula is C25H22N4O2. The molecule has 0 bridgehead atoms. The van der Waals surface area contributed by atoms with Crippen molar-refractivity contribution in [3.8, 4) is 0 Å². The van der Waals surface area contributed by atoms with Crippen LogP contribution in [0.2, 0.25) is 0 Å². The van der Waals surface area contributed by atoms with Crippen LogP contribution in [-0.2, 0) is 13.5 Å². The van der Waals surface area contributed by atoms with E-state index in [0.29, 0.717) is 12.0 Å². The van der Waals surface area contributed by atoms with Crippen LogP contribution in [-0.4, -0.2) is 32.9 Å². The average molecular weight is 410 g/mol. The highest BCUT2D eigenvalue weighted by Crippen LogP contribution is 2.39. The van der Waals surface area contributed by atoms with E-state index >= 15 is 0 Å². The minimum atomic E-state index is -0.926. The van der Waals surface area contributed by atoms with Gasteiger partial charge in [0, 0.05) is 37.8 Å². The van der Waals surface area contributed by atoms with Crippen molar-refractivity contribution in [1.29, 1.82) is 0 Å². The molecule has 0 atom stereocenters. The Hall–Kier alpha value is -3.93. The quantitative estimate of drug-likeness (QED) is 0.521. The van der Waals surface area contributed by atoms with Crippen LogP contribution in [0.1, 0.15) is 32.9 Å². The van der Waals surface area contributed by atoms with Crippen molar-refractivity contribution in [3.63, 3.8) is 0 Å². The molecule has 2 heterocycles. The van der Waals surface area contributed by atoms with Gasteiger partial charge in [0.15, 0.2) is 0 Å². The number of carboxylic acids is 1. The number of allylic oxidation sites excluding steroid dienone is 1. The summed E-state index contributed by atoms with van der Waals surface area (Å²) in [5.74, 6) is -0.926. The fourth-order valence-electron chi connectivity index (χ4n) is 4.50. The Kier molecular flexibility index (Phi) is 4.36. The molecule has 154 valence electrons. The lowest BCUT2D eigenvalue weighted by molar-refractivity contribution is 0.0695. The number of aromatic carboxylic acids is 1. The van der Waals surface area contributed by atoms with Gasteiger partial charge in [-0.05, 0) is 47.9 Å². The third-order valence-corrected chi connectivity index (χ3v) is 5.98. The molecule has 0 unspecified atom stereocenters. The van der Waals surface area contributed by atoms with Crippen molar-refractivity contribution in [3.05, 3.63) is 82.8 Å². The largest absolute Gasteiger partial charge is 0.478 e. The molecule has 6 heteroatoms. The van der Waals surface area contributed by atoms with Crippen molar-refractivity contribution in [2.24, 2.45) is 7.05 Å². The number of hydrogen-bond acceptors (Lipinski definition) is 4. The molecule has 2 aromatic carbocycles. The van der Waals surface area contributed by atoms with Gasteiger partial charge >= 0.3 is 5.97 Å². The van der Waals surface area contributed by atoms with Crippen molar-refractivity contribution in [1.82, 2.24) is 14.8 Å². The molecule has 31 heavy (non-hydrogen) atoms. The summed E-state index contributed by atoms with van der Waals surface area (Å²) >= 11 is 0. The van der Waals surface area contributed by atoms with Gasteiger partial charge in [-0.25, -0.2) is 4.79 Å². The first kappa shape index (κ1) is 19.1. The fourth-order valence-corrected chi connectivity index (χ4v) is 4.50. The van der Waals surface area contributed by atoms with Crippen molar-refractivity contribution in [2.45, 2.75) is 13.3 Å². The van der Waals surface area contributed by atoms with E-state index in [1.54, 1.807) is 12.3 Å². The summed E-state index contributed by atoms with van der Waals surface area (Å²) in [7, 11) is 3.99. The SMILES string of the molecule is Cc1ccccc1N(C)c1cccc2c(C3=Cc4nccc(C(=O)O)c4C3)n(C)nc12. The minimum Gasteiger partial charge on any atom is -0.478 e. The van der Waals surface area contributed by atoms with Gasteiger partial charge in [-0.2, -0.15) is 5.10 Å². The molecule has 0 spiro atoms. The summed E-state index contributed by atoms with van der Waals surface area (Å²) in [6, 6.07) is 16.0. The Bertz CT molecular complexity index is 1380. The molecule has 5 rings (SSSR count). The maximum Gasteiger partial charge on any atom is 0.336 e. The third kappa shape index (κ3) is 2.99. The van der Waals surface area contributed by atoms with E-state index in [0.717, 1.165) is 44.8 Å². The number of aromatic nitrogens is 3. The fraction of sp³-hybridized carbons (Fsp3) is 0.160. The number of fused-ring (bicyclic) bond motifs is 2. The maximum atomic E-state index is 11.6. The zero-order valence-corrected chi connectivity index (χ0v) is 17.6. The third-order valence-electron chi connectivity index (χ3n) is 5.98. The number of pyridine rings is 1. The van der Waals surface area contributed by atoms with Crippen molar-refractivity contribution in [2.75, 3.05) is 11.9 Å². The van der Waals surface area contributed by atoms with E-state index in [-0.39, 0.29) is 0 Å². The minimum absolute atomic E-state index is 0.308. The molecule has 6 nitrogen and oxygen atoms in total. The van der Waals surface area contributed by atoms with E-state index in [1.165, 1.54) is 5.56 Å². The van der Waals surface area contributed by atoms with Gasteiger partial charge < -0.3 is 10.0 Å². The highest BCUT2D eigenvalue weighted by Gasteiger charge is 2.25. The van der Waals surface area contributed by atoms with Gasteiger partial charge in [0.1, 0.15) is 5.52 Å². The second-order valence-electron chi connectivity index (χ2n) is 7.86. The van der Waals surface area contributed by atoms with E-state index < -0.39 is 5.97 Å². The number of anilines is 2. The highest BCUT2D eigenvalue weighted by atomic mass is 16.4. The number of benzene rings is 2. The van der Waals surface area contributed by atoms with Gasteiger partial charge in [0.25, 0.3) is 0 Å². The molecule has 1 aliphatic carbocycles. The molecule has 2 aromatic heterocycles. The first-order valence-electron chi connectivity index (χ1n) is 10.1. The second-order valence-corrected chi connectivity index (χ2v) is 7.86. The average Bonchev–Trinajstić information content (AvgIpc) is 3.32. The number of para-hydroxylation sites is 1. The zero-order valence-electron chi connectivity index (χ0n) is 17.6. The van der Waals surface area contributed by atoms with Gasteiger partial charge in [0.2, 0.25) is 0 Å². The number of rotatable bonds is 4. The lowest BCUT2D eigenvalue weighted by Gasteiger charge is -2.21. The molecule has 0 saturated heterocycles. The normalized spacial score (nSPS) is 12.7. The highest BCUT2D eigenvalue weighted by molar-refractivity contribution is 6.04. The molecule has 0 saturated carbocycles. The zero-order chi connectivity index (χ0) is 21.7. The molecule has 0 radical (unpaired) electrons. The van der Waals surface area contributed by atoms with Crippen LogP contribution in [0.4, 0.5) is 11.4 Å². The molecule has 1 aliphatic rings. The second kappa shape index (κ2) is 7.09. The number of carboxylic acid groups (broad SMARTS) is 1. The molecule has 1 N–H and O–H groups in total. The van der Waals surface area contributed by atoms with Crippen LogP contribution in [0.3, 0.4) is 0 Å². The Morgan fingerprint density at radius 1 is 1.10 bits per heavy atom. The smallest absolute Gasteiger partial charge is 0.336 e. The van der Waals surface area contributed by atoms with Crippen LogP contribution in [0.5, 0.6) is 0 Å². The van der Waals surface area contributed by atoms with Crippen LogP contribution in [0, 0.1) is 6.92 Å². The predicted molar refractivity (Wildman–Crippen MR) is 123 cm³/mol. The monoisotopic (exact) mass is 410 g/mol. The lowest BCUT2D eigenvalue weighted by atomic mass is 10.0. The van der Waals surface area contributed by atoms with E-state index in [4.69, 9.17) is 5.10 Å². The summed E-state index contributed by atoms with van der Waals surface area (Å²) in [5, 5.41) is 15.4. The first-order valence-corrected chi connectivity index (χ1v) is 10.1. The predicted octanol–water partition coefficient (Wildman–Crippen LogP) is 4.84. The first-order chi connectivity index (χ1) is 15.0. The summed E-state index contributed by atoms with van der Waals surface area (Å²) < 4.78 is 1.89. The molecule has 0 fully saturated rings. The van der Waals surface area contributed by atoms with Crippen LogP contribution >= 0.6 is 0 Å². The van der Waals surface area contributed by atoms with E-state index in [2.05, 4.69) is 48.1 Å². The number of nitrogens with zero attached hydrogens (tertiary/aromatic N) is 4. The maximum absolute atomic E-state index is 11.6. The Morgan fingerprint density at radius 2 is 1.87 bits per heavy atom. The van der Waals surface area contributed by atoms with Crippen molar-refractivity contribution < 1.29 is 9.90 Å². The summed E-state index contributed by atoms with van der Waals surface area (Å²) in [6.45, 7) is 2.10. The molecule has 4 aromatic rings. The number of carbonyl (C=O) groups is 1. The van der Waals surface area contributed by atoms with E-state index in [9.17, 15) is 9.90 Å². The molecular weight excluding hydrogens is 388 g/mol. The molecule has 0 amide bonds. The molecule has 0 aliphatic heterocycles. The van der Waals surface area contributed by atoms with Crippen LogP contribution in [0.25, 0.3) is 22.6 Å². The Balaban J connectivity index is 1.62. The summed E-state index contributed by atoms with van der Waals surface area (Å²) in [5.41, 5.74) is 8.06. The Morgan fingerprint density at radius 3 is 2.65 bits per heavy atom. The van der Waals surface area contributed by atoms with E-state index in [1.807, 2.05) is 36.0 Å². The van der Waals surface area contributed by atoms with Gasteiger partial charge in [-0.1, -0.05) is 30.3 Å². The number of aryl methyl sites for hydroxylation is 2. The number of hydrogen-bond donors (Lipinski definition) is 1. The summed E-state index contributed by atoms with van der Waals surface area (Å²) in [6.07, 6.45) is 4.06. The standard InChI is InChI=1S/C25H22N4O2/c1-15-7-4-5-9-21(15)28(2)22-10-6-8-18-23(22)27-29(3)24(18)16-13-19-17(25(30)31)11-12-26-20(19)14-16/h4-12,14H,13H2,1-3H3,(H,30,31). The Labute approximate surface area is 180 Å². The van der Waals surface area contributed by atoms with Crippen molar-refractivity contribution >= 4 is 39.9 Å². The van der Waals surface area contributed by atoms with Gasteiger partial charge in [0.05, 0.1) is 22.6 Å². The van der Waals surface area contributed by atoms with Crippen LogP contribution < -0.4 is 4.90 Å². The van der Waals surface area contributed by atoms with Gasteiger partial charge in [-0.3, -0.25) is 9.67 Å².